The van der Waals surface area contributed by atoms with Crippen LogP contribution in [-0.4, -0.2) is 69.9 Å². The highest BCUT2D eigenvalue weighted by molar-refractivity contribution is 5.72. The van der Waals surface area contributed by atoms with Crippen molar-refractivity contribution in [1.82, 2.24) is 15.0 Å². The normalized spacial score (nSPS) is 21.4. The van der Waals surface area contributed by atoms with Crippen molar-refractivity contribution in [1.29, 1.82) is 0 Å². The standard InChI is InChI=1S/C34H49N3O9/c1-20(2)14-27(38)42-19-26-31(44-28(39)15-21(3)4)32(45-29(40)16-22(5)6)33(46-30(41)17-23(7)8)34(43-26)37-18-25(35-36-37)24-12-10-9-11-13-24/h9-13,18,20-23,26,31-34H,14-17,19H2,1-8H3/t26-,31-,32+,33-,34-/m1/s1. The van der Waals surface area contributed by atoms with Crippen LogP contribution in [0.2, 0.25) is 0 Å². The van der Waals surface area contributed by atoms with E-state index in [9.17, 15) is 19.2 Å². The number of nitrogens with zero attached hydrogens (tertiary/aromatic N) is 3. The summed E-state index contributed by atoms with van der Waals surface area (Å²) in [6.45, 7) is 14.7. The van der Waals surface area contributed by atoms with Gasteiger partial charge in [0.05, 0.1) is 6.20 Å². The van der Waals surface area contributed by atoms with Crippen LogP contribution in [0.5, 0.6) is 0 Å². The van der Waals surface area contributed by atoms with Gasteiger partial charge in [-0.25, -0.2) is 4.68 Å². The monoisotopic (exact) mass is 643 g/mol. The van der Waals surface area contributed by atoms with Crippen molar-refractivity contribution >= 4 is 23.9 Å². The molecule has 3 rings (SSSR count). The summed E-state index contributed by atoms with van der Waals surface area (Å²) < 4.78 is 31.3. The summed E-state index contributed by atoms with van der Waals surface area (Å²) in [6.07, 6.45) is -4.11. The van der Waals surface area contributed by atoms with Crippen molar-refractivity contribution in [3.63, 3.8) is 0 Å². The van der Waals surface area contributed by atoms with Crippen molar-refractivity contribution in [2.45, 2.75) is 112 Å². The number of esters is 4. The Labute approximate surface area is 271 Å². The van der Waals surface area contributed by atoms with Gasteiger partial charge in [-0.05, 0) is 23.7 Å². The largest absolute Gasteiger partial charge is 0.463 e. The Morgan fingerprint density at radius 3 is 1.70 bits per heavy atom. The number of benzene rings is 1. The van der Waals surface area contributed by atoms with Gasteiger partial charge in [0.15, 0.2) is 24.5 Å². The maximum Gasteiger partial charge on any atom is 0.306 e. The second-order valence-corrected chi connectivity index (χ2v) is 13.5. The molecule has 12 heteroatoms. The first-order valence-corrected chi connectivity index (χ1v) is 16.1. The van der Waals surface area contributed by atoms with Crippen LogP contribution in [0.25, 0.3) is 11.3 Å². The van der Waals surface area contributed by atoms with E-state index in [4.69, 9.17) is 23.7 Å². The van der Waals surface area contributed by atoms with E-state index in [0.29, 0.717) is 5.69 Å². The minimum absolute atomic E-state index is 0.0266. The molecule has 0 saturated carbocycles. The van der Waals surface area contributed by atoms with Gasteiger partial charge in [0, 0.05) is 31.2 Å². The zero-order chi connectivity index (χ0) is 34.0. The van der Waals surface area contributed by atoms with Crippen LogP contribution < -0.4 is 0 Å². The predicted octanol–water partition coefficient (Wildman–Crippen LogP) is 5.31. The lowest BCUT2D eigenvalue weighted by atomic mass is 9.96. The summed E-state index contributed by atoms with van der Waals surface area (Å²) >= 11 is 0. The SMILES string of the molecule is CC(C)CC(=O)OC[C@H]1O[C@@H](n2cc(-c3ccccc3)nn2)[C@H](OC(=O)CC(C)C)[C@@H](OC(=O)CC(C)C)[C@@H]1OC(=O)CC(C)C. The van der Waals surface area contributed by atoms with Crippen LogP contribution in [0.4, 0.5) is 0 Å². The third-order valence-corrected chi connectivity index (χ3v) is 6.96. The second-order valence-electron chi connectivity index (χ2n) is 13.5. The first-order valence-electron chi connectivity index (χ1n) is 16.1. The van der Waals surface area contributed by atoms with E-state index in [0.717, 1.165) is 5.56 Å². The lowest BCUT2D eigenvalue weighted by Gasteiger charge is -2.44. The smallest absolute Gasteiger partial charge is 0.306 e. The van der Waals surface area contributed by atoms with Crippen LogP contribution in [0.15, 0.2) is 36.5 Å². The van der Waals surface area contributed by atoms with Crippen LogP contribution >= 0.6 is 0 Å². The van der Waals surface area contributed by atoms with Crippen molar-refractivity contribution in [3.05, 3.63) is 36.5 Å². The van der Waals surface area contributed by atoms with E-state index in [2.05, 4.69) is 10.3 Å². The molecule has 12 nitrogen and oxygen atoms in total. The van der Waals surface area contributed by atoms with E-state index in [1.165, 1.54) is 4.68 Å². The summed E-state index contributed by atoms with van der Waals surface area (Å²) in [4.78, 5) is 52.1. The molecule has 254 valence electrons. The molecule has 1 fully saturated rings. The molecule has 0 aliphatic carbocycles. The Bertz CT molecular complexity index is 1290. The Morgan fingerprint density at radius 1 is 0.696 bits per heavy atom. The third kappa shape index (κ3) is 11.2. The first kappa shape index (κ1) is 36.7. The zero-order valence-electron chi connectivity index (χ0n) is 28.2. The molecule has 1 aliphatic rings. The molecule has 0 amide bonds. The molecular weight excluding hydrogens is 594 g/mol. The van der Waals surface area contributed by atoms with E-state index in [1.807, 2.05) is 85.7 Å². The molecule has 0 bridgehead atoms. The molecule has 2 heterocycles. The van der Waals surface area contributed by atoms with Gasteiger partial charge < -0.3 is 23.7 Å². The summed E-state index contributed by atoms with van der Waals surface area (Å²) in [5.41, 5.74) is 1.31. The summed E-state index contributed by atoms with van der Waals surface area (Å²) in [5.74, 6) is -2.21. The Morgan fingerprint density at radius 2 is 1.17 bits per heavy atom. The molecule has 1 aromatic heterocycles. The lowest BCUT2D eigenvalue weighted by Crippen LogP contribution is -2.61. The summed E-state index contributed by atoms with van der Waals surface area (Å²) in [6, 6.07) is 9.35. The zero-order valence-corrected chi connectivity index (χ0v) is 28.2. The number of carbonyl (C=O) groups is 4. The number of hydrogen-bond acceptors (Lipinski definition) is 11. The number of ether oxygens (including phenoxy) is 5. The molecular formula is C34H49N3O9. The van der Waals surface area contributed by atoms with Gasteiger partial charge in [-0.3, -0.25) is 19.2 Å². The van der Waals surface area contributed by atoms with Gasteiger partial charge in [-0.1, -0.05) is 90.9 Å². The van der Waals surface area contributed by atoms with E-state index in [-0.39, 0.29) is 56.0 Å². The maximum atomic E-state index is 13.2. The Hall–Kier alpha value is -3.80. The molecule has 1 aromatic carbocycles. The van der Waals surface area contributed by atoms with Gasteiger partial charge in [-0.15, -0.1) is 5.10 Å². The third-order valence-electron chi connectivity index (χ3n) is 6.96. The number of aromatic nitrogens is 3. The van der Waals surface area contributed by atoms with Gasteiger partial charge in [0.1, 0.15) is 18.4 Å². The molecule has 5 atom stereocenters. The molecule has 46 heavy (non-hydrogen) atoms. The maximum absolute atomic E-state index is 13.2. The molecule has 1 aliphatic heterocycles. The average Bonchev–Trinajstić information content (AvgIpc) is 3.43. The van der Waals surface area contributed by atoms with Gasteiger partial charge in [0.25, 0.3) is 0 Å². The van der Waals surface area contributed by atoms with Crippen LogP contribution in [0.1, 0.15) is 87.3 Å². The number of carbonyl (C=O) groups excluding carboxylic acids is 4. The molecule has 0 unspecified atom stereocenters. The van der Waals surface area contributed by atoms with E-state index >= 15 is 0 Å². The van der Waals surface area contributed by atoms with Gasteiger partial charge in [0.2, 0.25) is 0 Å². The average molecular weight is 644 g/mol. The lowest BCUT2D eigenvalue weighted by molar-refractivity contribution is -0.272. The predicted molar refractivity (Wildman–Crippen MR) is 168 cm³/mol. The Balaban J connectivity index is 2.11. The summed E-state index contributed by atoms with van der Waals surface area (Å²) in [7, 11) is 0. The first-order chi connectivity index (χ1) is 21.7. The van der Waals surface area contributed by atoms with Gasteiger partial charge in [-0.2, -0.15) is 0 Å². The van der Waals surface area contributed by atoms with Gasteiger partial charge >= 0.3 is 23.9 Å². The van der Waals surface area contributed by atoms with E-state index < -0.39 is 54.5 Å². The summed E-state index contributed by atoms with van der Waals surface area (Å²) in [5, 5.41) is 8.58. The van der Waals surface area contributed by atoms with Crippen LogP contribution in [0.3, 0.4) is 0 Å². The fourth-order valence-corrected chi connectivity index (χ4v) is 4.95. The number of rotatable bonds is 15. The highest BCUT2D eigenvalue weighted by Gasteiger charge is 2.54. The minimum Gasteiger partial charge on any atom is -0.463 e. The fraction of sp³-hybridized carbons (Fsp3) is 0.647. The second kappa shape index (κ2) is 17.2. The molecule has 0 radical (unpaired) electrons. The van der Waals surface area contributed by atoms with Crippen molar-refractivity contribution in [2.24, 2.45) is 23.7 Å². The minimum atomic E-state index is -1.31. The van der Waals surface area contributed by atoms with Crippen molar-refractivity contribution in [3.8, 4) is 11.3 Å². The van der Waals surface area contributed by atoms with E-state index in [1.54, 1.807) is 6.20 Å². The molecule has 1 saturated heterocycles. The van der Waals surface area contributed by atoms with Crippen molar-refractivity contribution in [2.75, 3.05) is 6.61 Å². The number of hydrogen-bond donors (Lipinski definition) is 0. The topological polar surface area (TPSA) is 145 Å². The highest BCUT2D eigenvalue weighted by Crippen LogP contribution is 2.36. The quantitative estimate of drug-likeness (QED) is 0.184. The van der Waals surface area contributed by atoms with Crippen LogP contribution in [0, 0.1) is 23.7 Å². The molecule has 0 spiro atoms. The Kier molecular flexibility index (Phi) is 13.7. The van der Waals surface area contributed by atoms with Crippen LogP contribution in [-0.2, 0) is 42.9 Å². The molecule has 0 N–H and O–H groups in total. The highest BCUT2D eigenvalue weighted by atomic mass is 16.7. The van der Waals surface area contributed by atoms with Crippen molar-refractivity contribution < 1.29 is 42.9 Å². The molecule has 2 aromatic rings. The fourth-order valence-electron chi connectivity index (χ4n) is 4.95.